The second-order valence-corrected chi connectivity index (χ2v) is 5.63. The Morgan fingerprint density at radius 1 is 1.12 bits per heavy atom. The first-order valence-electron chi connectivity index (χ1n) is 7.50. The van der Waals surface area contributed by atoms with Crippen LogP contribution in [0.5, 0.6) is 0 Å². The van der Waals surface area contributed by atoms with Gasteiger partial charge in [0.2, 0.25) is 0 Å². The van der Waals surface area contributed by atoms with Crippen molar-refractivity contribution in [1.29, 1.82) is 5.26 Å². The molecule has 0 unspecified atom stereocenters. The molecule has 0 aliphatic heterocycles. The largest absolute Gasteiger partial charge is 0.362 e. The van der Waals surface area contributed by atoms with E-state index in [4.69, 9.17) is 17.5 Å². The molecule has 0 saturated carbocycles. The van der Waals surface area contributed by atoms with Crippen LogP contribution >= 0.6 is 12.2 Å². The van der Waals surface area contributed by atoms with Crippen LogP contribution in [0, 0.1) is 11.3 Å². The van der Waals surface area contributed by atoms with Gasteiger partial charge in [0.05, 0.1) is 11.8 Å². The number of nitrogens with zero attached hydrogens (tertiary/aromatic N) is 3. The molecule has 0 spiro atoms. The van der Waals surface area contributed by atoms with Gasteiger partial charge in [-0.2, -0.15) is 10.4 Å². The molecule has 2 aromatic carbocycles. The topological polar surface area (TPSA) is 73.6 Å². The minimum atomic E-state index is 0.364. The third kappa shape index (κ3) is 3.83. The van der Waals surface area contributed by atoms with Crippen LogP contribution in [0.2, 0.25) is 0 Å². The molecule has 0 atom stereocenters. The predicted molar refractivity (Wildman–Crippen MR) is 98.6 cm³/mol. The molecule has 5 nitrogen and oxygen atoms in total. The Kier molecular flexibility index (Phi) is 4.94. The van der Waals surface area contributed by atoms with E-state index in [9.17, 15) is 0 Å². The standard InChI is InChI=1S/C18H15N5S/c19-12-16-8-10-21-23-17(16)22-18(24)20-9-7-13-5-6-14-3-1-2-4-15(14)11-13/h1-6,8,10-11H,7,9H2,(H2,20,22,23,24). The van der Waals surface area contributed by atoms with Crippen LogP contribution in [-0.4, -0.2) is 21.9 Å². The van der Waals surface area contributed by atoms with Gasteiger partial charge in [-0.1, -0.05) is 42.5 Å². The average Bonchev–Trinajstić information content (AvgIpc) is 2.62. The van der Waals surface area contributed by atoms with E-state index in [0.29, 0.717) is 23.0 Å². The highest BCUT2D eigenvalue weighted by molar-refractivity contribution is 7.80. The summed E-state index contributed by atoms with van der Waals surface area (Å²) in [5.74, 6) is 0.364. The summed E-state index contributed by atoms with van der Waals surface area (Å²) in [6, 6.07) is 18.4. The molecular formula is C18H15N5S. The van der Waals surface area contributed by atoms with Gasteiger partial charge in [-0.05, 0) is 41.0 Å². The Morgan fingerprint density at radius 2 is 1.96 bits per heavy atom. The molecule has 0 aliphatic carbocycles. The van der Waals surface area contributed by atoms with Crippen molar-refractivity contribution in [3.63, 3.8) is 0 Å². The Labute approximate surface area is 145 Å². The lowest BCUT2D eigenvalue weighted by atomic mass is 10.1. The number of thiocarbonyl (C=S) groups is 1. The number of fused-ring (bicyclic) bond motifs is 1. The molecule has 3 aromatic rings. The average molecular weight is 333 g/mol. The van der Waals surface area contributed by atoms with E-state index >= 15 is 0 Å². The summed E-state index contributed by atoms with van der Waals surface area (Å²) in [4.78, 5) is 0. The number of nitriles is 1. The number of hydrogen-bond donors (Lipinski definition) is 2. The molecule has 0 bridgehead atoms. The summed E-state index contributed by atoms with van der Waals surface area (Å²) in [7, 11) is 0. The van der Waals surface area contributed by atoms with Crippen molar-refractivity contribution >= 4 is 33.9 Å². The smallest absolute Gasteiger partial charge is 0.172 e. The first-order valence-corrected chi connectivity index (χ1v) is 7.91. The van der Waals surface area contributed by atoms with E-state index in [1.54, 1.807) is 6.07 Å². The fourth-order valence-electron chi connectivity index (χ4n) is 2.38. The SMILES string of the molecule is N#Cc1ccnnc1NC(=S)NCCc1ccc2ccccc2c1. The summed E-state index contributed by atoms with van der Waals surface area (Å²) < 4.78 is 0. The van der Waals surface area contributed by atoms with Crippen molar-refractivity contribution in [1.82, 2.24) is 15.5 Å². The number of nitrogens with one attached hydrogen (secondary N) is 2. The molecule has 0 radical (unpaired) electrons. The van der Waals surface area contributed by atoms with Crippen molar-refractivity contribution in [3.05, 3.63) is 65.9 Å². The lowest BCUT2D eigenvalue weighted by Crippen LogP contribution is -2.30. The Balaban J connectivity index is 1.55. The zero-order valence-corrected chi connectivity index (χ0v) is 13.7. The van der Waals surface area contributed by atoms with Gasteiger partial charge in [-0.25, -0.2) is 0 Å². The lowest BCUT2D eigenvalue weighted by molar-refractivity contribution is 0.873. The van der Waals surface area contributed by atoms with E-state index < -0.39 is 0 Å². The molecule has 0 saturated heterocycles. The molecule has 1 aromatic heterocycles. The summed E-state index contributed by atoms with van der Waals surface area (Å²) in [6.45, 7) is 0.687. The van der Waals surface area contributed by atoms with Crippen molar-refractivity contribution < 1.29 is 0 Å². The van der Waals surface area contributed by atoms with Gasteiger partial charge < -0.3 is 10.6 Å². The van der Waals surface area contributed by atoms with Crippen LogP contribution in [0.15, 0.2) is 54.7 Å². The maximum atomic E-state index is 9.02. The van der Waals surface area contributed by atoms with Gasteiger partial charge in [0.1, 0.15) is 6.07 Å². The van der Waals surface area contributed by atoms with Crippen LogP contribution < -0.4 is 10.6 Å². The van der Waals surface area contributed by atoms with Gasteiger partial charge in [0.15, 0.2) is 10.9 Å². The summed E-state index contributed by atoms with van der Waals surface area (Å²) in [6.07, 6.45) is 2.32. The quantitative estimate of drug-likeness (QED) is 0.715. The highest BCUT2D eigenvalue weighted by Gasteiger charge is 2.05. The van der Waals surface area contributed by atoms with Crippen molar-refractivity contribution in [2.45, 2.75) is 6.42 Å². The van der Waals surface area contributed by atoms with Gasteiger partial charge in [-0.3, -0.25) is 0 Å². The highest BCUT2D eigenvalue weighted by Crippen LogP contribution is 2.15. The number of rotatable bonds is 4. The van der Waals surface area contributed by atoms with Crippen molar-refractivity contribution in [2.75, 3.05) is 11.9 Å². The Hall–Kier alpha value is -3.04. The van der Waals surface area contributed by atoms with Gasteiger partial charge in [0.25, 0.3) is 0 Å². The van der Waals surface area contributed by atoms with E-state index in [-0.39, 0.29) is 0 Å². The predicted octanol–water partition coefficient (Wildman–Crippen LogP) is 3.03. The third-order valence-corrected chi connectivity index (χ3v) is 3.83. The summed E-state index contributed by atoms with van der Waals surface area (Å²) in [5.41, 5.74) is 1.64. The lowest BCUT2D eigenvalue weighted by Gasteiger charge is -2.10. The van der Waals surface area contributed by atoms with Crippen molar-refractivity contribution in [2.24, 2.45) is 0 Å². The molecule has 3 rings (SSSR count). The number of hydrogen-bond acceptors (Lipinski definition) is 4. The summed E-state index contributed by atoms with van der Waals surface area (Å²) in [5, 5.41) is 25.6. The molecule has 0 aliphatic rings. The van der Waals surface area contributed by atoms with Crippen LogP contribution in [-0.2, 0) is 6.42 Å². The first-order chi connectivity index (χ1) is 11.8. The molecule has 0 amide bonds. The molecular weight excluding hydrogens is 318 g/mol. The normalized spacial score (nSPS) is 10.1. The molecule has 1 heterocycles. The minimum Gasteiger partial charge on any atom is -0.362 e. The van der Waals surface area contributed by atoms with Gasteiger partial charge in [0, 0.05) is 6.54 Å². The Bertz CT molecular complexity index is 916. The zero-order chi connectivity index (χ0) is 16.8. The maximum Gasteiger partial charge on any atom is 0.172 e. The zero-order valence-electron chi connectivity index (χ0n) is 12.9. The fourth-order valence-corrected chi connectivity index (χ4v) is 2.58. The number of benzene rings is 2. The second-order valence-electron chi connectivity index (χ2n) is 5.22. The third-order valence-electron chi connectivity index (χ3n) is 3.59. The number of anilines is 1. The van der Waals surface area contributed by atoms with E-state index in [1.807, 2.05) is 18.2 Å². The molecule has 6 heteroatoms. The van der Waals surface area contributed by atoms with E-state index in [1.165, 1.54) is 22.5 Å². The fraction of sp³-hybridized carbons (Fsp3) is 0.111. The van der Waals surface area contributed by atoms with Crippen molar-refractivity contribution in [3.8, 4) is 6.07 Å². The van der Waals surface area contributed by atoms with Crippen LogP contribution in [0.1, 0.15) is 11.1 Å². The number of aromatic nitrogens is 2. The molecule has 2 N–H and O–H groups in total. The highest BCUT2D eigenvalue weighted by atomic mass is 32.1. The Morgan fingerprint density at radius 3 is 2.79 bits per heavy atom. The van der Waals surface area contributed by atoms with Gasteiger partial charge >= 0.3 is 0 Å². The maximum absolute atomic E-state index is 9.02. The van der Waals surface area contributed by atoms with Crippen LogP contribution in [0.25, 0.3) is 10.8 Å². The van der Waals surface area contributed by atoms with Gasteiger partial charge in [-0.15, -0.1) is 5.10 Å². The van der Waals surface area contributed by atoms with Crippen LogP contribution in [0.3, 0.4) is 0 Å². The van der Waals surface area contributed by atoms with Crippen LogP contribution in [0.4, 0.5) is 5.82 Å². The molecule has 118 valence electrons. The molecule has 24 heavy (non-hydrogen) atoms. The van der Waals surface area contributed by atoms with E-state index in [0.717, 1.165) is 6.42 Å². The second kappa shape index (κ2) is 7.49. The molecule has 0 fully saturated rings. The summed E-state index contributed by atoms with van der Waals surface area (Å²) >= 11 is 5.24. The first kappa shape index (κ1) is 15.8. The monoisotopic (exact) mass is 333 g/mol. The van der Waals surface area contributed by atoms with E-state index in [2.05, 4.69) is 51.2 Å². The minimum absolute atomic E-state index is 0.364.